The Kier molecular flexibility index (Phi) is 3.80. The summed E-state index contributed by atoms with van der Waals surface area (Å²) in [6, 6.07) is 7.21. The van der Waals surface area contributed by atoms with Crippen LogP contribution >= 0.6 is 15.9 Å². The molecule has 4 heteroatoms. The van der Waals surface area contributed by atoms with Crippen LogP contribution in [0, 0.1) is 0 Å². The molecule has 1 atom stereocenters. The standard InChI is InChI=1S/C9H7BrFNO/c10-8-3-1-2-7(4-8)5-9(11)12-6-13/h1-4,9H,5H2. The van der Waals surface area contributed by atoms with E-state index >= 15 is 0 Å². The molecule has 1 aromatic rings. The molecule has 0 aliphatic carbocycles. The second kappa shape index (κ2) is 4.90. The fourth-order valence-electron chi connectivity index (χ4n) is 0.961. The van der Waals surface area contributed by atoms with Gasteiger partial charge in [-0.2, -0.15) is 4.99 Å². The zero-order valence-electron chi connectivity index (χ0n) is 6.71. The molecule has 0 fully saturated rings. The number of halogens is 2. The average Bonchev–Trinajstić information content (AvgIpc) is 2.04. The molecule has 0 aliphatic heterocycles. The Hall–Kier alpha value is -0.990. The highest BCUT2D eigenvalue weighted by Crippen LogP contribution is 2.14. The van der Waals surface area contributed by atoms with Gasteiger partial charge in [0.05, 0.1) is 0 Å². The van der Waals surface area contributed by atoms with Crippen LogP contribution < -0.4 is 0 Å². The molecule has 0 N–H and O–H groups in total. The Morgan fingerprint density at radius 2 is 2.38 bits per heavy atom. The molecule has 1 rings (SSSR count). The smallest absolute Gasteiger partial charge is 0.221 e. The molecule has 2 nitrogen and oxygen atoms in total. The summed E-state index contributed by atoms with van der Waals surface area (Å²) in [5.74, 6) is 0. The molecule has 13 heavy (non-hydrogen) atoms. The second-order valence-electron chi connectivity index (χ2n) is 2.49. The summed E-state index contributed by atoms with van der Waals surface area (Å²) in [4.78, 5) is 12.7. The van der Waals surface area contributed by atoms with Crippen LogP contribution in [-0.4, -0.2) is 12.4 Å². The maximum absolute atomic E-state index is 12.8. The van der Waals surface area contributed by atoms with Crippen LogP contribution in [0.2, 0.25) is 0 Å². The molecule has 0 aliphatic rings. The third-order valence-corrected chi connectivity index (χ3v) is 1.98. The summed E-state index contributed by atoms with van der Waals surface area (Å²) >= 11 is 3.26. The number of carbonyl (C=O) groups excluding carboxylic acids is 1. The predicted octanol–water partition coefficient (Wildman–Crippen LogP) is 2.62. The normalized spacial score (nSPS) is 11.8. The van der Waals surface area contributed by atoms with Crippen molar-refractivity contribution in [3.63, 3.8) is 0 Å². The molecule has 1 aromatic carbocycles. The van der Waals surface area contributed by atoms with Crippen LogP contribution in [0.5, 0.6) is 0 Å². The maximum atomic E-state index is 12.8. The van der Waals surface area contributed by atoms with Crippen LogP contribution in [-0.2, 0) is 11.2 Å². The van der Waals surface area contributed by atoms with Crippen molar-refractivity contribution in [1.29, 1.82) is 0 Å². The Morgan fingerprint density at radius 3 is 3.00 bits per heavy atom. The average molecular weight is 244 g/mol. The van der Waals surface area contributed by atoms with E-state index in [1.165, 1.54) is 6.08 Å². The Morgan fingerprint density at radius 1 is 1.62 bits per heavy atom. The Balaban J connectivity index is 2.68. The Labute approximate surface area is 83.6 Å². The van der Waals surface area contributed by atoms with E-state index in [-0.39, 0.29) is 6.42 Å². The summed E-state index contributed by atoms with van der Waals surface area (Å²) in [5, 5.41) is 0. The lowest BCUT2D eigenvalue weighted by Crippen LogP contribution is -2.00. The predicted molar refractivity (Wildman–Crippen MR) is 50.9 cm³/mol. The fourth-order valence-corrected chi connectivity index (χ4v) is 1.41. The molecule has 0 amide bonds. The summed E-state index contributed by atoms with van der Waals surface area (Å²) < 4.78 is 13.7. The molecule has 0 radical (unpaired) electrons. The minimum Gasteiger partial charge on any atom is -0.221 e. The van der Waals surface area contributed by atoms with E-state index in [1.807, 2.05) is 6.07 Å². The first-order valence-electron chi connectivity index (χ1n) is 3.68. The van der Waals surface area contributed by atoms with Crippen molar-refractivity contribution < 1.29 is 9.18 Å². The zero-order valence-corrected chi connectivity index (χ0v) is 8.29. The largest absolute Gasteiger partial charge is 0.237 e. The minimum absolute atomic E-state index is 0.106. The van der Waals surface area contributed by atoms with Crippen molar-refractivity contribution in [2.75, 3.05) is 0 Å². The maximum Gasteiger partial charge on any atom is 0.237 e. The lowest BCUT2D eigenvalue weighted by molar-refractivity contribution is 0.344. The molecular weight excluding hydrogens is 237 g/mol. The van der Waals surface area contributed by atoms with Crippen molar-refractivity contribution >= 4 is 22.0 Å². The van der Waals surface area contributed by atoms with E-state index in [0.717, 1.165) is 10.0 Å². The number of hydrogen-bond donors (Lipinski definition) is 0. The number of alkyl halides is 1. The molecule has 0 heterocycles. The highest BCUT2D eigenvalue weighted by atomic mass is 79.9. The summed E-state index contributed by atoms with van der Waals surface area (Å²) in [6.07, 6.45) is -0.197. The molecular formula is C9H7BrFNO. The zero-order chi connectivity index (χ0) is 9.68. The van der Waals surface area contributed by atoms with Gasteiger partial charge in [0.25, 0.3) is 0 Å². The van der Waals surface area contributed by atoms with Crippen LogP contribution in [0.1, 0.15) is 5.56 Å². The van der Waals surface area contributed by atoms with Crippen LogP contribution in [0.4, 0.5) is 4.39 Å². The van der Waals surface area contributed by atoms with Gasteiger partial charge in [-0.05, 0) is 17.7 Å². The van der Waals surface area contributed by atoms with E-state index in [0.29, 0.717) is 0 Å². The minimum atomic E-state index is -1.49. The summed E-state index contributed by atoms with van der Waals surface area (Å²) in [7, 11) is 0. The second-order valence-corrected chi connectivity index (χ2v) is 3.40. The highest BCUT2D eigenvalue weighted by molar-refractivity contribution is 9.10. The number of aliphatic imine (C=N–C) groups is 1. The third-order valence-electron chi connectivity index (χ3n) is 1.49. The Bertz CT molecular complexity index is 336. The highest BCUT2D eigenvalue weighted by Gasteiger charge is 2.04. The number of hydrogen-bond acceptors (Lipinski definition) is 2. The van der Waals surface area contributed by atoms with Gasteiger partial charge in [-0.1, -0.05) is 28.1 Å². The quantitative estimate of drug-likeness (QED) is 0.456. The van der Waals surface area contributed by atoms with Gasteiger partial charge < -0.3 is 0 Å². The van der Waals surface area contributed by atoms with E-state index in [4.69, 9.17) is 0 Å². The van der Waals surface area contributed by atoms with E-state index in [9.17, 15) is 9.18 Å². The van der Waals surface area contributed by atoms with Crippen LogP contribution in [0.25, 0.3) is 0 Å². The molecule has 0 bridgehead atoms. The van der Waals surface area contributed by atoms with Crippen LogP contribution in [0.3, 0.4) is 0 Å². The van der Waals surface area contributed by atoms with Gasteiger partial charge in [0.2, 0.25) is 12.4 Å². The summed E-state index contributed by atoms with van der Waals surface area (Å²) in [5.41, 5.74) is 0.792. The molecule has 0 spiro atoms. The monoisotopic (exact) mass is 243 g/mol. The molecule has 68 valence electrons. The van der Waals surface area contributed by atoms with Gasteiger partial charge in [-0.3, -0.25) is 0 Å². The van der Waals surface area contributed by atoms with E-state index in [2.05, 4.69) is 20.9 Å². The number of nitrogens with zero attached hydrogens (tertiary/aromatic N) is 1. The lowest BCUT2D eigenvalue weighted by atomic mass is 10.1. The van der Waals surface area contributed by atoms with Crippen molar-refractivity contribution in [3.05, 3.63) is 34.3 Å². The summed E-state index contributed by atoms with van der Waals surface area (Å²) in [6.45, 7) is 0. The molecule has 0 saturated heterocycles. The first-order chi connectivity index (χ1) is 6.22. The fraction of sp³-hybridized carbons (Fsp3) is 0.222. The number of isocyanates is 1. The van der Waals surface area contributed by atoms with E-state index in [1.54, 1.807) is 18.2 Å². The van der Waals surface area contributed by atoms with Crippen molar-refractivity contribution in [2.24, 2.45) is 4.99 Å². The van der Waals surface area contributed by atoms with Gasteiger partial charge in [0.1, 0.15) is 0 Å². The first-order valence-corrected chi connectivity index (χ1v) is 4.47. The molecule has 0 saturated carbocycles. The number of benzene rings is 1. The van der Waals surface area contributed by atoms with Crippen LogP contribution in [0.15, 0.2) is 33.7 Å². The van der Waals surface area contributed by atoms with E-state index < -0.39 is 6.30 Å². The first kappa shape index (κ1) is 10.1. The lowest BCUT2D eigenvalue weighted by Gasteiger charge is -2.01. The van der Waals surface area contributed by atoms with Gasteiger partial charge in [-0.25, -0.2) is 9.18 Å². The van der Waals surface area contributed by atoms with Gasteiger partial charge >= 0.3 is 0 Å². The number of rotatable bonds is 3. The molecule has 1 unspecified atom stereocenters. The third kappa shape index (κ3) is 3.49. The molecule has 0 aromatic heterocycles. The van der Waals surface area contributed by atoms with Crippen molar-refractivity contribution in [2.45, 2.75) is 12.7 Å². The topological polar surface area (TPSA) is 29.4 Å². The van der Waals surface area contributed by atoms with Crippen molar-refractivity contribution in [1.82, 2.24) is 0 Å². The van der Waals surface area contributed by atoms with Gasteiger partial charge in [-0.15, -0.1) is 0 Å². The van der Waals surface area contributed by atoms with Crippen molar-refractivity contribution in [3.8, 4) is 0 Å². The van der Waals surface area contributed by atoms with Gasteiger partial charge in [0, 0.05) is 10.9 Å². The van der Waals surface area contributed by atoms with Gasteiger partial charge in [0.15, 0.2) is 0 Å². The SMILES string of the molecule is O=C=NC(F)Cc1cccc(Br)c1.